The first kappa shape index (κ1) is 14.9. The monoisotopic (exact) mass is 333 g/mol. The fraction of sp³-hybridized carbons (Fsp3) is 0.154. The van der Waals surface area contributed by atoms with E-state index in [1.807, 2.05) is 23.0 Å². The summed E-state index contributed by atoms with van der Waals surface area (Å²) in [6, 6.07) is 5.42. The molecule has 0 aliphatic rings. The summed E-state index contributed by atoms with van der Waals surface area (Å²) >= 11 is 1.25. The van der Waals surface area contributed by atoms with Gasteiger partial charge in [-0.25, -0.2) is 9.78 Å². The van der Waals surface area contributed by atoms with Crippen molar-refractivity contribution in [3.05, 3.63) is 39.0 Å². The maximum Gasteiger partial charge on any atom is 0.328 e. The summed E-state index contributed by atoms with van der Waals surface area (Å²) in [5.74, 6) is 0.0732. The summed E-state index contributed by atoms with van der Waals surface area (Å²) in [4.78, 5) is 30.7. The molecule has 118 valence electrons. The molecule has 0 saturated heterocycles. The highest BCUT2D eigenvalue weighted by Gasteiger charge is 2.09. The van der Waals surface area contributed by atoms with Crippen LogP contribution in [0.4, 0.5) is 10.8 Å². The number of azo groups is 1. The van der Waals surface area contributed by atoms with Crippen molar-refractivity contribution in [2.45, 2.75) is 6.92 Å². The molecule has 0 fully saturated rings. The average molecular weight is 333 g/mol. The van der Waals surface area contributed by atoms with Crippen LogP contribution in [0, 0.1) is 0 Å². The molecule has 0 aliphatic heterocycles. The maximum absolute atomic E-state index is 11.5. The van der Waals surface area contributed by atoms with Crippen LogP contribution in [-0.4, -0.2) is 26.7 Å². The van der Waals surface area contributed by atoms with Crippen molar-refractivity contribution < 1.29 is 9.84 Å². The Morgan fingerprint density at radius 1 is 1.30 bits per heavy atom. The molecular weight excluding hydrogens is 322 g/mol. The molecular formula is C13H11N5O4S. The Balaban J connectivity index is 1.95. The normalized spacial score (nSPS) is 11.3. The summed E-state index contributed by atoms with van der Waals surface area (Å²) < 4.78 is 6.26. The van der Waals surface area contributed by atoms with E-state index in [2.05, 4.69) is 15.2 Å². The number of rotatable bonds is 4. The number of nitrogens with one attached hydrogen (secondary N) is 2. The van der Waals surface area contributed by atoms with Gasteiger partial charge in [-0.2, -0.15) is 0 Å². The zero-order valence-electron chi connectivity index (χ0n) is 11.9. The van der Waals surface area contributed by atoms with E-state index in [4.69, 9.17) is 4.74 Å². The van der Waals surface area contributed by atoms with Crippen LogP contribution in [0.1, 0.15) is 6.92 Å². The first-order chi connectivity index (χ1) is 11.1. The first-order valence-corrected chi connectivity index (χ1v) is 7.39. The van der Waals surface area contributed by atoms with Crippen LogP contribution in [0.2, 0.25) is 0 Å². The molecule has 2 aromatic heterocycles. The van der Waals surface area contributed by atoms with Gasteiger partial charge in [0.25, 0.3) is 5.56 Å². The second-order valence-electron chi connectivity index (χ2n) is 4.36. The van der Waals surface area contributed by atoms with Gasteiger partial charge in [-0.3, -0.25) is 14.8 Å². The lowest BCUT2D eigenvalue weighted by atomic mass is 10.3. The van der Waals surface area contributed by atoms with Gasteiger partial charge >= 0.3 is 5.69 Å². The van der Waals surface area contributed by atoms with Gasteiger partial charge in [0.1, 0.15) is 5.75 Å². The Kier molecular flexibility index (Phi) is 3.89. The molecule has 0 bridgehead atoms. The van der Waals surface area contributed by atoms with Crippen LogP contribution in [0.25, 0.3) is 10.2 Å². The number of hydrogen-bond acceptors (Lipinski definition) is 8. The van der Waals surface area contributed by atoms with Gasteiger partial charge in [0.2, 0.25) is 16.7 Å². The fourth-order valence-electron chi connectivity index (χ4n) is 1.85. The van der Waals surface area contributed by atoms with Crippen LogP contribution in [0.5, 0.6) is 11.6 Å². The summed E-state index contributed by atoms with van der Waals surface area (Å²) in [7, 11) is 0. The Bertz CT molecular complexity index is 1000. The molecule has 1 aromatic carbocycles. The van der Waals surface area contributed by atoms with Crippen LogP contribution in [0.3, 0.4) is 0 Å². The number of benzene rings is 1. The van der Waals surface area contributed by atoms with E-state index in [0.717, 1.165) is 10.4 Å². The lowest BCUT2D eigenvalue weighted by molar-refractivity contribution is 0.341. The molecule has 0 radical (unpaired) electrons. The molecule has 23 heavy (non-hydrogen) atoms. The number of aromatic hydroxyl groups is 1. The Labute approximate surface area is 132 Å². The van der Waals surface area contributed by atoms with Crippen molar-refractivity contribution in [2.24, 2.45) is 10.2 Å². The van der Waals surface area contributed by atoms with Crippen LogP contribution >= 0.6 is 11.3 Å². The molecule has 9 nitrogen and oxygen atoms in total. The maximum atomic E-state index is 11.5. The topological polar surface area (TPSA) is 133 Å². The van der Waals surface area contributed by atoms with Crippen molar-refractivity contribution in [2.75, 3.05) is 6.61 Å². The van der Waals surface area contributed by atoms with Gasteiger partial charge in [-0.05, 0) is 25.1 Å². The summed E-state index contributed by atoms with van der Waals surface area (Å²) in [6.07, 6.45) is 0. The predicted molar refractivity (Wildman–Crippen MR) is 84.3 cm³/mol. The number of aromatic nitrogens is 3. The standard InChI is InChI=1S/C13H11N5O4S/c1-2-22-6-3-4-7-8(5-6)23-13(14-7)18-17-9-10(19)15-12(21)16-11(9)20/h3-5H,2H2,1H3,(H3,15,16,19,20,21). The van der Waals surface area contributed by atoms with Crippen LogP contribution in [-0.2, 0) is 0 Å². The Hall–Kier alpha value is -3.01. The summed E-state index contributed by atoms with van der Waals surface area (Å²) in [5.41, 5.74) is -1.34. The Morgan fingerprint density at radius 3 is 2.87 bits per heavy atom. The minimum Gasteiger partial charge on any atom is -0.494 e. The summed E-state index contributed by atoms with van der Waals surface area (Å²) in [6.45, 7) is 2.45. The number of H-pyrrole nitrogens is 2. The van der Waals surface area contributed by atoms with Crippen LogP contribution in [0.15, 0.2) is 38.0 Å². The van der Waals surface area contributed by atoms with E-state index in [-0.39, 0.29) is 5.69 Å². The number of aromatic amines is 2. The lowest BCUT2D eigenvalue weighted by Crippen LogP contribution is -2.20. The SMILES string of the molecule is CCOc1ccc2nc(N=Nc3c(O)[nH]c(=O)[nH]c3=O)sc2c1. The average Bonchev–Trinajstić information content (AvgIpc) is 2.88. The quantitative estimate of drug-likeness (QED) is 0.629. The minimum absolute atomic E-state index is 0.304. The molecule has 0 amide bonds. The number of fused-ring (bicyclic) bond motifs is 1. The molecule has 10 heteroatoms. The number of hydrogen-bond donors (Lipinski definition) is 3. The molecule has 0 atom stereocenters. The van der Waals surface area contributed by atoms with Crippen molar-refractivity contribution in [1.29, 1.82) is 0 Å². The van der Waals surface area contributed by atoms with Gasteiger partial charge in [-0.15, -0.1) is 10.2 Å². The molecule has 3 rings (SSSR count). The van der Waals surface area contributed by atoms with Crippen molar-refractivity contribution in [3.63, 3.8) is 0 Å². The zero-order chi connectivity index (χ0) is 16.4. The predicted octanol–water partition coefficient (Wildman–Crippen LogP) is 2.19. The molecule has 0 saturated carbocycles. The van der Waals surface area contributed by atoms with Gasteiger partial charge in [0.05, 0.1) is 16.8 Å². The van der Waals surface area contributed by atoms with E-state index in [1.54, 1.807) is 12.1 Å². The van der Waals surface area contributed by atoms with E-state index in [1.165, 1.54) is 11.3 Å². The number of nitrogens with zero attached hydrogens (tertiary/aromatic N) is 3. The van der Waals surface area contributed by atoms with E-state index >= 15 is 0 Å². The van der Waals surface area contributed by atoms with E-state index in [0.29, 0.717) is 17.3 Å². The third-order valence-corrected chi connectivity index (χ3v) is 3.70. The largest absolute Gasteiger partial charge is 0.494 e. The highest BCUT2D eigenvalue weighted by atomic mass is 32.1. The van der Waals surface area contributed by atoms with Gasteiger partial charge < -0.3 is 9.84 Å². The molecule has 0 spiro atoms. The van der Waals surface area contributed by atoms with E-state index < -0.39 is 17.1 Å². The lowest BCUT2D eigenvalue weighted by Gasteiger charge is -2.00. The van der Waals surface area contributed by atoms with E-state index in [9.17, 15) is 14.7 Å². The smallest absolute Gasteiger partial charge is 0.328 e. The highest BCUT2D eigenvalue weighted by Crippen LogP contribution is 2.32. The second kappa shape index (κ2) is 6.01. The molecule has 2 heterocycles. The molecule has 0 aliphatic carbocycles. The molecule has 3 aromatic rings. The number of thiazole rings is 1. The van der Waals surface area contributed by atoms with Crippen molar-refractivity contribution in [1.82, 2.24) is 15.0 Å². The fourth-order valence-corrected chi connectivity index (χ4v) is 2.66. The number of ether oxygens (including phenoxy) is 1. The molecule has 0 unspecified atom stereocenters. The third-order valence-electron chi connectivity index (χ3n) is 2.79. The Morgan fingerprint density at radius 2 is 2.13 bits per heavy atom. The minimum atomic E-state index is -0.838. The van der Waals surface area contributed by atoms with Crippen molar-refractivity contribution >= 4 is 32.4 Å². The van der Waals surface area contributed by atoms with Gasteiger partial charge in [-0.1, -0.05) is 11.3 Å². The van der Waals surface area contributed by atoms with Crippen molar-refractivity contribution in [3.8, 4) is 11.6 Å². The zero-order valence-corrected chi connectivity index (χ0v) is 12.7. The van der Waals surface area contributed by atoms with Crippen LogP contribution < -0.4 is 16.0 Å². The molecule has 3 N–H and O–H groups in total. The second-order valence-corrected chi connectivity index (χ2v) is 5.37. The highest BCUT2D eigenvalue weighted by molar-refractivity contribution is 7.21. The first-order valence-electron chi connectivity index (χ1n) is 6.57. The summed E-state index contributed by atoms with van der Waals surface area (Å²) in [5, 5.41) is 17.3. The third kappa shape index (κ3) is 3.11. The van der Waals surface area contributed by atoms with Gasteiger partial charge in [0, 0.05) is 0 Å². The van der Waals surface area contributed by atoms with Gasteiger partial charge in [0.15, 0.2) is 0 Å².